The van der Waals surface area contributed by atoms with Gasteiger partial charge in [-0.1, -0.05) is 24.3 Å². The molecule has 0 aliphatic carbocycles. The topological polar surface area (TPSA) is 139 Å². The van der Waals surface area contributed by atoms with Crippen molar-refractivity contribution in [1.29, 1.82) is 0 Å². The number of esters is 1. The zero-order valence-electron chi connectivity index (χ0n) is 15.3. The summed E-state index contributed by atoms with van der Waals surface area (Å²) >= 11 is 0. The Bertz CT molecular complexity index is 833. The lowest BCUT2D eigenvalue weighted by Gasteiger charge is -2.18. The first-order valence-corrected chi connectivity index (χ1v) is 8.58. The monoisotopic (exact) mass is 386 g/mol. The number of ether oxygens (including phenoxy) is 1. The highest BCUT2D eigenvalue weighted by atomic mass is 16.5. The van der Waals surface area contributed by atoms with Crippen LogP contribution in [0.5, 0.6) is 11.5 Å². The predicted octanol–water partition coefficient (Wildman–Crippen LogP) is 0.999. The van der Waals surface area contributed by atoms with Gasteiger partial charge in [0.1, 0.15) is 17.5 Å². The van der Waals surface area contributed by atoms with Crippen LogP contribution in [0.3, 0.4) is 0 Å². The average Bonchev–Trinajstić information content (AvgIpc) is 2.64. The number of hydrogen-bond donors (Lipinski definition) is 4. The third-order valence-electron chi connectivity index (χ3n) is 3.97. The third-order valence-corrected chi connectivity index (χ3v) is 3.97. The molecular weight excluding hydrogens is 364 g/mol. The van der Waals surface area contributed by atoms with Crippen LogP contribution in [0.2, 0.25) is 0 Å². The maximum absolute atomic E-state index is 12.3. The number of phenols is 1. The summed E-state index contributed by atoms with van der Waals surface area (Å²) in [6.45, 7) is 1.28. The summed E-state index contributed by atoms with van der Waals surface area (Å²) in [5, 5.41) is 21.1. The molecule has 0 spiro atoms. The number of aromatic hydroxyl groups is 1. The van der Waals surface area contributed by atoms with E-state index in [1.807, 2.05) is 0 Å². The van der Waals surface area contributed by atoms with Crippen LogP contribution in [0.1, 0.15) is 18.1 Å². The van der Waals surface area contributed by atoms with Gasteiger partial charge in [0, 0.05) is 13.3 Å². The van der Waals surface area contributed by atoms with Crippen LogP contribution >= 0.6 is 0 Å². The number of hydrogen-bond acceptors (Lipinski definition) is 6. The molecule has 2 rings (SSSR count). The van der Waals surface area contributed by atoms with E-state index in [1.165, 1.54) is 19.1 Å². The number of carbonyl (C=O) groups excluding carboxylic acids is 2. The van der Waals surface area contributed by atoms with Crippen molar-refractivity contribution in [3.8, 4) is 11.5 Å². The zero-order chi connectivity index (χ0) is 20.7. The molecule has 0 fully saturated rings. The Balaban J connectivity index is 1.97. The molecule has 0 aliphatic heterocycles. The van der Waals surface area contributed by atoms with Crippen LogP contribution < -0.4 is 15.8 Å². The number of amides is 1. The molecule has 2 aromatic carbocycles. The van der Waals surface area contributed by atoms with Crippen LogP contribution in [0, 0.1) is 0 Å². The van der Waals surface area contributed by atoms with Crippen molar-refractivity contribution in [1.82, 2.24) is 5.32 Å². The molecule has 5 N–H and O–H groups in total. The molecule has 1 amide bonds. The number of carbonyl (C=O) groups is 3. The van der Waals surface area contributed by atoms with E-state index in [2.05, 4.69) is 5.32 Å². The van der Waals surface area contributed by atoms with Crippen LogP contribution in [0.15, 0.2) is 48.5 Å². The molecule has 2 aromatic rings. The Labute approximate surface area is 161 Å². The lowest BCUT2D eigenvalue weighted by molar-refractivity contribution is -0.142. The van der Waals surface area contributed by atoms with Gasteiger partial charge in [-0.2, -0.15) is 0 Å². The Morgan fingerprint density at radius 3 is 2.07 bits per heavy atom. The second-order valence-electron chi connectivity index (χ2n) is 6.32. The Morgan fingerprint density at radius 2 is 1.54 bits per heavy atom. The zero-order valence-corrected chi connectivity index (χ0v) is 15.3. The van der Waals surface area contributed by atoms with Crippen molar-refractivity contribution < 1.29 is 29.3 Å². The molecule has 0 saturated carbocycles. The highest BCUT2D eigenvalue weighted by molar-refractivity contribution is 5.87. The first-order valence-electron chi connectivity index (χ1n) is 8.58. The molecule has 2 atom stereocenters. The lowest BCUT2D eigenvalue weighted by atomic mass is 10.0. The summed E-state index contributed by atoms with van der Waals surface area (Å²) in [7, 11) is 0. The number of nitrogens with two attached hydrogens (primary N) is 1. The van der Waals surface area contributed by atoms with Gasteiger partial charge < -0.3 is 26.0 Å². The molecule has 0 unspecified atom stereocenters. The van der Waals surface area contributed by atoms with E-state index < -0.39 is 29.9 Å². The largest absolute Gasteiger partial charge is 0.508 e. The molecule has 8 nitrogen and oxygen atoms in total. The van der Waals surface area contributed by atoms with Crippen LogP contribution in [-0.4, -0.2) is 40.1 Å². The van der Waals surface area contributed by atoms with E-state index >= 15 is 0 Å². The predicted molar refractivity (Wildman–Crippen MR) is 101 cm³/mol. The maximum Gasteiger partial charge on any atom is 0.326 e. The molecule has 28 heavy (non-hydrogen) atoms. The van der Waals surface area contributed by atoms with Crippen molar-refractivity contribution in [3.05, 3.63) is 59.7 Å². The van der Waals surface area contributed by atoms with Gasteiger partial charge in [0.25, 0.3) is 0 Å². The quantitative estimate of drug-likeness (QED) is 0.392. The number of aliphatic carboxylic acids is 1. The smallest absolute Gasteiger partial charge is 0.326 e. The van der Waals surface area contributed by atoms with Gasteiger partial charge in [0.15, 0.2) is 0 Å². The molecule has 8 heteroatoms. The van der Waals surface area contributed by atoms with Gasteiger partial charge in [0.2, 0.25) is 5.91 Å². The molecular formula is C20H22N2O6. The molecule has 0 radical (unpaired) electrons. The highest BCUT2D eigenvalue weighted by Crippen LogP contribution is 2.14. The van der Waals surface area contributed by atoms with Crippen LogP contribution in [0.25, 0.3) is 0 Å². The van der Waals surface area contributed by atoms with Crippen molar-refractivity contribution in [2.45, 2.75) is 31.8 Å². The first-order chi connectivity index (χ1) is 13.2. The van der Waals surface area contributed by atoms with Crippen molar-refractivity contribution in [2.24, 2.45) is 5.73 Å². The minimum absolute atomic E-state index is 0.0490. The summed E-state index contributed by atoms with van der Waals surface area (Å²) in [6.07, 6.45) is 0.253. The fourth-order valence-electron chi connectivity index (χ4n) is 2.55. The molecule has 0 saturated heterocycles. The van der Waals surface area contributed by atoms with Crippen molar-refractivity contribution in [2.75, 3.05) is 0 Å². The Kier molecular flexibility index (Phi) is 7.11. The second-order valence-corrected chi connectivity index (χ2v) is 6.32. The Morgan fingerprint density at radius 1 is 1.00 bits per heavy atom. The van der Waals surface area contributed by atoms with E-state index in [0.717, 1.165) is 5.56 Å². The number of benzene rings is 2. The Hall–Kier alpha value is -3.39. The van der Waals surface area contributed by atoms with Crippen molar-refractivity contribution >= 4 is 17.8 Å². The third kappa shape index (κ3) is 6.40. The number of nitrogens with one attached hydrogen (secondary N) is 1. The number of phenolic OH excluding ortho intramolecular Hbond substituents is 1. The maximum atomic E-state index is 12.3. The van der Waals surface area contributed by atoms with E-state index in [9.17, 15) is 24.6 Å². The summed E-state index contributed by atoms with van der Waals surface area (Å²) in [4.78, 5) is 34.7. The number of rotatable bonds is 8. The van der Waals surface area contributed by atoms with Gasteiger partial charge in [-0.25, -0.2) is 4.79 Å². The first kappa shape index (κ1) is 20.9. The van der Waals surface area contributed by atoms with E-state index in [1.54, 1.807) is 36.4 Å². The summed E-state index contributed by atoms with van der Waals surface area (Å²) in [5.74, 6) is -1.77. The van der Waals surface area contributed by atoms with E-state index in [0.29, 0.717) is 11.3 Å². The normalized spacial score (nSPS) is 12.6. The fourth-order valence-corrected chi connectivity index (χ4v) is 2.55. The second kappa shape index (κ2) is 9.52. The van der Waals surface area contributed by atoms with Gasteiger partial charge in [-0.3, -0.25) is 9.59 Å². The lowest BCUT2D eigenvalue weighted by Crippen LogP contribution is -2.50. The van der Waals surface area contributed by atoms with Crippen LogP contribution in [-0.2, 0) is 27.2 Å². The summed E-state index contributed by atoms with van der Waals surface area (Å²) in [6, 6.07) is 10.5. The number of carboxylic acid groups (broad SMARTS) is 1. The fraction of sp³-hybridized carbons (Fsp3) is 0.250. The molecule has 0 bridgehead atoms. The molecule has 148 valence electrons. The standard InChI is InChI=1S/C20H22N2O6/c1-12(23)28-16-8-4-14(5-9-16)11-18(20(26)27)22-19(25)17(21)10-13-2-6-15(24)7-3-13/h2-9,17-18,24H,10-11,21H2,1H3,(H,22,25)(H,26,27)/t17-,18-/m0/s1. The molecule has 0 heterocycles. The highest BCUT2D eigenvalue weighted by Gasteiger charge is 2.24. The molecule has 0 aliphatic rings. The summed E-state index contributed by atoms with van der Waals surface area (Å²) in [5.41, 5.74) is 7.27. The van der Waals surface area contributed by atoms with Gasteiger partial charge in [-0.05, 0) is 41.8 Å². The van der Waals surface area contributed by atoms with Gasteiger partial charge in [0.05, 0.1) is 6.04 Å². The van der Waals surface area contributed by atoms with Gasteiger partial charge in [-0.15, -0.1) is 0 Å². The minimum Gasteiger partial charge on any atom is -0.508 e. The summed E-state index contributed by atoms with van der Waals surface area (Å²) < 4.78 is 4.92. The minimum atomic E-state index is -1.19. The van der Waals surface area contributed by atoms with E-state index in [-0.39, 0.29) is 18.6 Å². The average molecular weight is 386 g/mol. The van der Waals surface area contributed by atoms with E-state index in [4.69, 9.17) is 10.5 Å². The van der Waals surface area contributed by atoms with Gasteiger partial charge >= 0.3 is 11.9 Å². The SMILES string of the molecule is CC(=O)Oc1ccc(C[C@H](NC(=O)[C@@H](N)Cc2ccc(O)cc2)C(=O)O)cc1. The number of carboxylic acids is 1. The van der Waals surface area contributed by atoms with Crippen LogP contribution in [0.4, 0.5) is 0 Å². The molecule has 0 aromatic heterocycles. The van der Waals surface area contributed by atoms with Crippen molar-refractivity contribution in [3.63, 3.8) is 0 Å².